The molecule has 0 unspecified atom stereocenters. The number of nitrogens with zero attached hydrogens (tertiary/aromatic N) is 1. The van der Waals surface area contributed by atoms with Crippen LogP contribution in [0.4, 0.5) is 11.5 Å². The number of hydrogen-bond acceptors (Lipinski definition) is 4. The van der Waals surface area contributed by atoms with Gasteiger partial charge in [-0.25, -0.2) is 4.98 Å². The van der Waals surface area contributed by atoms with Crippen molar-refractivity contribution in [3.63, 3.8) is 0 Å². The summed E-state index contributed by atoms with van der Waals surface area (Å²) in [6.07, 6.45) is 3.71. The second-order valence-electron chi connectivity index (χ2n) is 5.07. The van der Waals surface area contributed by atoms with Gasteiger partial charge in [0.25, 0.3) is 5.91 Å². The first kappa shape index (κ1) is 15.8. The Morgan fingerprint density at radius 2 is 2.00 bits per heavy atom. The second-order valence-corrected chi connectivity index (χ2v) is 5.07. The molecule has 0 fully saturated rings. The number of nitrogen functional groups attached to an aromatic ring is 1. The van der Waals surface area contributed by atoms with Crippen LogP contribution in [-0.4, -0.2) is 17.5 Å². The van der Waals surface area contributed by atoms with E-state index in [0.717, 1.165) is 24.2 Å². The van der Waals surface area contributed by atoms with Crippen LogP contribution in [0.15, 0.2) is 36.5 Å². The van der Waals surface area contributed by atoms with Gasteiger partial charge in [0.2, 0.25) is 0 Å². The topological polar surface area (TPSA) is 77.2 Å². The van der Waals surface area contributed by atoms with E-state index in [0.29, 0.717) is 17.9 Å². The molecule has 0 atom stereocenters. The van der Waals surface area contributed by atoms with E-state index in [1.54, 1.807) is 24.4 Å². The fraction of sp³-hybridized carbons (Fsp3) is 0.294. The first-order chi connectivity index (χ1) is 10.6. The highest BCUT2D eigenvalue weighted by Gasteiger charge is 2.13. The summed E-state index contributed by atoms with van der Waals surface area (Å²) in [5.74, 6) is 0.767. The Bertz CT molecular complexity index is 619. The number of hydrogen-bond donors (Lipinski definition) is 2. The molecule has 0 aliphatic rings. The van der Waals surface area contributed by atoms with Crippen molar-refractivity contribution < 1.29 is 9.53 Å². The zero-order valence-electron chi connectivity index (χ0n) is 12.9. The number of anilines is 2. The molecule has 0 saturated carbocycles. The van der Waals surface area contributed by atoms with Gasteiger partial charge in [-0.1, -0.05) is 13.3 Å². The van der Waals surface area contributed by atoms with Crippen molar-refractivity contribution in [1.29, 1.82) is 0 Å². The Morgan fingerprint density at radius 1 is 1.27 bits per heavy atom. The highest BCUT2D eigenvalue weighted by Crippen LogP contribution is 2.19. The summed E-state index contributed by atoms with van der Waals surface area (Å²) < 4.78 is 5.59. The summed E-state index contributed by atoms with van der Waals surface area (Å²) in [4.78, 5) is 16.2. The number of carbonyl (C=O) groups excluding carboxylic acids is 1. The van der Waals surface area contributed by atoms with E-state index in [4.69, 9.17) is 10.5 Å². The number of aryl methyl sites for hydroxylation is 1. The van der Waals surface area contributed by atoms with Crippen molar-refractivity contribution in [3.05, 3.63) is 47.7 Å². The number of carbonyl (C=O) groups is 1. The van der Waals surface area contributed by atoms with Crippen molar-refractivity contribution in [1.82, 2.24) is 4.98 Å². The number of nitrogens with two attached hydrogens (primary N) is 1. The summed E-state index contributed by atoms with van der Waals surface area (Å²) >= 11 is 0. The van der Waals surface area contributed by atoms with Gasteiger partial charge in [-0.3, -0.25) is 4.79 Å². The molecule has 22 heavy (non-hydrogen) atoms. The summed E-state index contributed by atoms with van der Waals surface area (Å²) in [6, 6.07) is 9.05. The Hall–Kier alpha value is -2.56. The van der Waals surface area contributed by atoms with E-state index in [2.05, 4.69) is 17.2 Å². The average molecular weight is 299 g/mol. The van der Waals surface area contributed by atoms with Crippen molar-refractivity contribution in [2.45, 2.75) is 26.7 Å². The van der Waals surface area contributed by atoms with Crippen LogP contribution in [0, 0.1) is 6.92 Å². The van der Waals surface area contributed by atoms with Crippen molar-refractivity contribution >= 4 is 17.4 Å². The SMILES string of the molecule is CCCCOc1ccc(NC(=O)c2c(C)ccnc2N)cc1. The van der Waals surface area contributed by atoms with Crippen molar-refractivity contribution in [2.24, 2.45) is 0 Å². The standard InChI is InChI=1S/C17H21N3O2/c1-3-4-11-22-14-7-5-13(6-8-14)20-17(21)15-12(2)9-10-19-16(15)18/h5-10H,3-4,11H2,1-2H3,(H2,18,19)(H,20,21). The molecule has 3 N–H and O–H groups in total. The second kappa shape index (κ2) is 7.45. The Morgan fingerprint density at radius 3 is 2.64 bits per heavy atom. The largest absolute Gasteiger partial charge is 0.494 e. The number of benzene rings is 1. The Kier molecular flexibility index (Phi) is 5.36. The average Bonchev–Trinajstić information content (AvgIpc) is 2.49. The summed E-state index contributed by atoms with van der Waals surface area (Å²) in [7, 11) is 0. The van der Waals surface area contributed by atoms with Crippen LogP contribution in [0.25, 0.3) is 0 Å². The van der Waals surface area contributed by atoms with Crippen LogP contribution in [-0.2, 0) is 0 Å². The fourth-order valence-electron chi connectivity index (χ4n) is 2.04. The molecule has 0 aliphatic carbocycles. The van der Waals surface area contributed by atoms with Crippen LogP contribution in [0.3, 0.4) is 0 Å². The van der Waals surface area contributed by atoms with Gasteiger partial charge in [0.15, 0.2) is 0 Å². The van der Waals surface area contributed by atoms with Crippen molar-refractivity contribution in [2.75, 3.05) is 17.7 Å². The third-order valence-electron chi connectivity index (χ3n) is 3.29. The maximum absolute atomic E-state index is 12.3. The van der Waals surface area contributed by atoms with Gasteiger partial charge in [-0.15, -0.1) is 0 Å². The number of amides is 1. The monoisotopic (exact) mass is 299 g/mol. The van der Waals surface area contributed by atoms with E-state index in [9.17, 15) is 4.79 Å². The third-order valence-corrected chi connectivity index (χ3v) is 3.29. The molecule has 1 aromatic carbocycles. The molecule has 0 spiro atoms. The number of nitrogens with one attached hydrogen (secondary N) is 1. The van der Waals surface area contributed by atoms with E-state index >= 15 is 0 Å². The zero-order valence-corrected chi connectivity index (χ0v) is 12.9. The summed E-state index contributed by atoms with van der Waals surface area (Å²) in [6.45, 7) is 4.65. The number of ether oxygens (including phenoxy) is 1. The lowest BCUT2D eigenvalue weighted by Gasteiger charge is -2.10. The molecule has 0 radical (unpaired) electrons. The quantitative estimate of drug-likeness (QED) is 0.801. The maximum atomic E-state index is 12.3. The minimum atomic E-state index is -0.261. The summed E-state index contributed by atoms with van der Waals surface area (Å²) in [5, 5.41) is 2.82. The molecular weight excluding hydrogens is 278 g/mol. The van der Waals surface area contributed by atoms with Gasteiger partial charge in [-0.2, -0.15) is 0 Å². The van der Waals surface area contributed by atoms with E-state index in [-0.39, 0.29) is 11.7 Å². The molecule has 116 valence electrons. The highest BCUT2D eigenvalue weighted by atomic mass is 16.5. The number of rotatable bonds is 6. The first-order valence-electron chi connectivity index (χ1n) is 7.37. The minimum absolute atomic E-state index is 0.233. The number of aromatic nitrogens is 1. The molecule has 2 aromatic rings. The molecule has 0 aliphatic heterocycles. The highest BCUT2D eigenvalue weighted by molar-refractivity contribution is 6.08. The van der Waals surface area contributed by atoms with Gasteiger partial charge in [0.1, 0.15) is 11.6 Å². The van der Waals surface area contributed by atoms with Gasteiger partial charge in [0.05, 0.1) is 12.2 Å². The predicted octanol–water partition coefficient (Wildman–Crippen LogP) is 3.40. The summed E-state index contributed by atoms with van der Waals surface area (Å²) in [5.41, 5.74) is 7.67. The molecule has 1 heterocycles. The lowest BCUT2D eigenvalue weighted by atomic mass is 10.1. The van der Waals surface area contributed by atoms with Crippen LogP contribution in [0.1, 0.15) is 35.7 Å². The van der Waals surface area contributed by atoms with Gasteiger partial charge < -0.3 is 15.8 Å². The van der Waals surface area contributed by atoms with Crippen LogP contribution in [0.5, 0.6) is 5.75 Å². The third kappa shape index (κ3) is 3.97. The Balaban J connectivity index is 2.03. The van der Waals surface area contributed by atoms with Crippen LogP contribution in [0.2, 0.25) is 0 Å². The van der Waals surface area contributed by atoms with Crippen LogP contribution < -0.4 is 15.8 Å². The lowest BCUT2D eigenvalue weighted by molar-refractivity contribution is 0.102. The normalized spacial score (nSPS) is 10.3. The molecule has 0 bridgehead atoms. The molecular formula is C17H21N3O2. The smallest absolute Gasteiger partial charge is 0.259 e. The van der Waals surface area contributed by atoms with E-state index < -0.39 is 0 Å². The minimum Gasteiger partial charge on any atom is -0.494 e. The number of pyridine rings is 1. The van der Waals surface area contributed by atoms with Gasteiger partial charge >= 0.3 is 0 Å². The predicted molar refractivity (Wildman–Crippen MR) is 88.2 cm³/mol. The molecule has 0 saturated heterocycles. The van der Waals surface area contributed by atoms with Gasteiger partial charge in [0, 0.05) is 11.9 Å². The maximum Gasteiger partial charge on any atom is 0.259 e. The van der Waals surface area contributed by atoms with Gasteiger partial charge in [-0.05, 0) is 49.2 Å². The first-order valence-corrected chi connectivity index (χ1v) is 7.37. The lowest BCUT2D eigenvalue weighted by Crippen LogP contribution is -2.16. The number of unbranched alkanes of at least 4 members (excludes halogenated alkanes) is 1. The Labute approximate surface area is 130 Å². The van der Waals surface area contributed by atoms with E-state index in [1.807, 2.05) is 19.1 Å². The van der Waals surface area contributed by atoms with Crippen LogP contribution >= 0.6 is 0 Å². The molecule has 1 amide bonds. The molecule has 5 heteroatoms. The zero-order chi connectivity index (χ0) is 15.9. The van der Waals surface area contributed by atoms with E-state index in [1.165, 1.54) is 0 Å². The molecule has 1 aromatic heterocycles. The molecule has 2 rings (SSSR count). The van der Waals surface area contributed by atoms with Crippen molar-refractivity contribution in [3.8, 4) is 5.75 Å². The molecule has 5 nitrogen and oxygen atoms in total. The fourth-order valence-corrected chi connectivity index (χ4v) is 2.04.